The highest BCUT2D eigenvalue weighted by Gasteiger charge is 2.27. The Morgan fingerprint density at radius 2 is 2.09 bits per heavy atom. The Kier molecular flexibility index (Phi) is 3.90. The summed E-state index contributed by atoms with van der Waals surface area (Å²) in [6.45, 7) is 2.04. The van der Waals surface area contributed by atoms with Crippen LogP contribution in [-0.2, 0) is 5.41 Å². The molecular weight excluding hydrogens is 299 g/mol. The molecule has 2 heterocycles. The van der Waals surface area contributed by atoms with Crippen molar-refractivity contribution in [2.75, 3.05) is 5.32 Å². The molecule has 22 heavy (non-hydrogen) atoms. The van der Waals surface area contributed by atoms with E-state index in [0.29, 0.717) is 17.0 Å². The van der Waals surface area contributed by atoms with Crippen LogP contribution in [0.5, 0.6) is 0 Å². The summed E-state index contributed by atoms with van der Waals surface area (Å²) in [5.41, 5.74) is 0.457. The minimum Gasteiger partial charge on any atom is -0.321 e. The molecule has 0 fully saturated rings. The van der Waals surface area contributed by atoms with Gasteiger partial charge in [0.05, 0.1) is 4.88 Å². The van der Waals surface area contributed by atoms with Crippen molar-refractivity contribution in [3.63, 3.8) is 0 Å². The van der Waals surface area contributed by atoms with E-state index in [-0.39, 0.29) is 17.1 Å². The van der Waals surface area contributed by atoms with Crippen LogP contribution in [0.15, 0.2) is 60.7 Å². The second-order valence-corrected chi connectivity index (χ2v) is 6.48. The lowest BCUT2D eigenvalue weighted by atomic mass is 9.82. The first-order valence-electron chi connectivity index (χ1n) is 6.93. The van der Waals surface area contributed by atoms with Gasteiger partial charge in [-0.25, -0.2) is 4.39 Å². The highest BCUT2D eigenvalue weighted by molar-refractivity contribution is 7.14. The summed E-state index contributed by atoms with van der Waals surface area (Å²) in [6, 6.07) is 7.23. The standard InChI is InChI=1S/C17H15FN2OS/c1-17(8-4-12(18)5-9-17)15-3-2-14(22-15)16(21)20-13-6-10-19-11-7-13/h2-8,10-11H,9H2,1H3,(H,19,20,21). The fourth-order valence-corrected chi connectivity index (χ4v) is 3.32. The number of nitrogens with zero attached hydrogens (tertiary/aromatic N) is 1. The van der Waals surface area contributed by atoms with Gasteiger partial charge in [-0.2, -0.15) is 0 Å². The number of amides is 1. The number of pyridine rings is 1. The minimum atomic E-state index is -0.255. The number of hydrogen-bond donors (Lipinski definition) is 1. The van der Waals surface area contributed by atoms with Crippen LogP contribution in [0.4, 0.5) is 10.1 Å². The third kappa shape index (κ3) is 2.99. The predicted molar refractivity (Wildman–Crippen MR) is 86.8 cm³/mol. The summed E-state index contributed by atoms with van der Waals surface area (Å²) >= 11 is 1.44. The monoisotopic (exact) mass is 314 g/mol. The number of nitrogens with one attached hydrogen (secondary N) is 1. The van der Waals surface area contributed by atoms with E-state index >= 15 is 0 Å². The normalized spacial score (nSPS) is 20.5. The van der Waals surface area contributed by atoms with Gasteiger partial charge in [0.2, 0.25) is 0 Å². The topological polar surface area (TPSA) is 42.0 Å². The lowest BCUT2D eigenvalue weighted by Crippen LogP contribution is -2.18. The Hall–Kier alpha value is -2.27. The second kappa shape index (κ2) is 5.85. The fourth-order valence-electron chi connectivity index (χ4n) is 2.29. The van der Waals surface area contributed by atoms with E-state index in [1.165, 1.54) is 17.4 Å². The fraction of sp³-hybridized carbons (Fsp3) is 0.176. The highest BCUT2D eigenvalue weighted by atomic mass is 32.1. The molecule has 0 saturated carbocycles. The number of aromatic nitrogens is 1. The molecule has 3 rings (SSSR count). The summed E-state index contributed by atoms with van der Waals surface area (Å²) in [5.74, 6) is -0.350. The third-order valence-electron chi connectivity index (χ3n) is 3.66. The van der Waals surface area contributed by atoms with Crippen molar-refractivity contribution in [3.05, 3.63) is 70.5 Å². The molecule has 0 saturated heterocycles. The van der Waals surface area contributed by atoms with E-state index in [9.17, 15) is 9.18 Å². The van der Waals surface area contributed by atoms with Gasteiger partial charge in [0.25, 0.3) is 5.91 Å². The van der Waals surface area contributed by atoms with E-state index < -0.39 is 0 Å². The lowest BCUT2D eigenvalue weighted by molar-refractivity contribution is 0.103. The maximum Gasteiger partial charge on any atom is 0.265 e. The molecule has 2 aromatic heterocycles. The van der Waals surface area contributed by atoms with E-state index in [4.69, 9.17) is 0 Å². The zero-order valence-electron chi connectivity index (χ0n) is 12.0. The second-order valence-electron chi connectivity index (χ2n) is 5.40. The van der Waals surface area contributed by atoms with Crippen molar-refractivity contribution in [1.29, 1.82) is 0 Å². The van der Waals surface area contributed by atoms with Crippen molar-refractivity contribution in [2.45, 2.75) is 18.8 Å². The number of carbonyl (C=O) groups excluding carboxylic acids is 1. The van der Waals surface area contributed by atoms with Crippen LogP contribution in [0.3, 0.4) is 0 Å². The van der Waals surface area contributed by atoms with Gasteiger partial charge in [-0.15, -0.1) is 11.3 Å². The molecule has 2 aromatic rings. The summed E-state index contributed by atoms with van der Waals surface area (Å²) in [6.07, 6.45) is 8.78. The maximum atomic E-state index is 13.1. The first kappa shape index (κ1) is 14.7. The van der Waals surface area contributed by atoms with Crippen LogP contribution in [0, 0.1) is 0 Å². The zero-order chi connectivity index (χ0) is 15.6. The van der Waals surface area contributed by atoms with Gasteiger partial charge in [0, 0.05) is 28.4 Å². The number of rotatable bonds is 3. The molecule has 5 heteroatoms. The van der Waals surface area contributed by atoms with Crippen LogP contribution in [0.2, 0.25) is 0 Å². The Morgan fingerprint density at radius 1 is 1.32 bits per heavy atom. The molecule has 1 amide bonds. The predicted octanol–water partition coefficient (Wildman–Crippen LogP) is 4.47. The first-order valence-corrected chi connectivity index (χ1v) is 7.75. The summed E-state index contributed by atoms with van der Waals surface area (Å²) in [7, 11) is 0. The Balaban J connectivity index is 1.77. The number of anilines is 1. The SMILES string of the molecule is CC1(c2ccc(C(=O)Nc3ccncc3)s2)C=CC(F)=CC1. The van der Waals surface area contributed by atoms with Crippen LogP contribution in [0.25, 0.3) is 0 Å². The van der Waals surface area contributed by atoms with Crippen molar-refractivity contribution in [1.82, 2.24) is 4.98 Å². The number of allylic oxidation sites excluding steroid dienone is 4. The van der Waals surface area contributed by atoms with E-state index in [2.05, 4.69) is 10.3 Å². The Labute approximate surface area is 132 Å². The molecular formula is C17H15FN2OS. The van der Waals surface area contributed by atoms with Gasteiger partial charge in [-0.05, 0) is 42.8 Å². The maximum absolute atomic E-state index is 13.1. The van der Waals surface area contributed by atoms with Crippen LogP contribution in [-0.4, -0.2) is 10.9 Å². The van der Waals surface area contributed by atoms with Gasteiger partial charge < -0.3 is 5.32 Å². The third-order valence-corrected chi connectivity index (χ3v) is 5.03. The van der Waals surface area contributed by atoms with Gasteiger partial charge in [-0.1, -0.05) is 13.0 Å². The molecule has 3 nitrogen and oxygen atoms in total. The summed E-state index contributed by atoms with van der Waals surface area (Å²) < 4.78 is 13.1. The first-order chi connectivity index (χ1) is 10.6. The lowest BCUT2D eigenvalue weighted by Gasteiger charge is -2.25. The molecule has 0 aliphatic heterocycles. The highest BCUT2D eigenvalue weighted by Crippen LogP contribution is 2.38. The average Bonchev–Trinajstić information content (AvgIpc) is 3.02. The largest absolute Gasteiger partial charge is 0.321 e. The van der Waals surface area contributed by atoms with Crippen LogP contribution in [0.1, 0.15) is 27.9 Å². The van der Waals surface area contributed by atoms with Gasteiger partial charge in [0.1, 0.15) is 5.83 Å². The van der Waals surface area contributed by atoms with Crippen LogP contribution >= 0.6 is 11.3 Å². The number of thiophene rings is 1. The average molecular weight is 314 g/mol. The van der Waals surface area contributed by atoms with E-state index in [1.54, 1.807) is 30.6 Å². The number of hydrogen-bond acceptors (Lipinski definition) is 3. The van der Waals surface area contributed by atoms with Crippen molar-refractivity contribution in [3.8, 4) is 0 Å². The molecule has 0 radical (unpaired) electrons. The van der Waals surface area contributed by atoms with Crippen molar-refractivity contribution >= 4 is 22.9 Å². The van der Waals surface area contributed by atoms with Gasteiger partial charge >= 0.3 is 0 Å². The molecule has 1 N–H and O–H groups in total. The van der Waals surface area contributed by atoms with E-state index in [0.717, 1.165) is 4.88 Å². The smallest absolute Gasteiger partial charge is 0.265 e. The molecule has 0 aromatic carbocycles. The molecule has 0 spiro atoms. The molecule has 1 unspecified atom stereocenters. The molecule has 0 bridgehead atoms. The summed E-state index contributed by atoms with van der Waals surface area (Å²) in [4.78, 5) is 17.9. The zero-order valence-corrected chi connectivity index (χ0v) is 12.9. The Morgan fingerprint density at radius 3 is 2.77 bits per heavy atom. The molecule has 1 aliphatic carbocycles. The molecule has 112 valence electrons. The van der Waals surface area contributed by atoms with Crippen molar-refractivity contribution in [2.24, 2.45) is 0 Å². The van der Waals surface area contributed by atoms with Gasteiger partial charge in [0.15, 0.2) is 0 Å². The quantitative estimate of drug-likeness (QED) is 0.908. The van der Waals surface area contributed by atoms with Gasteiger partial charge in [-0.3, -0.25) is 9.78 Å². The number of carbonyl (C=O) groups is 1. The minimum absolute atomic E-state index is 0.146. The summed E-state index contributed by atoms with van der Waals surface area (Å²) in [5, 5.41) is 2.84. The van der Waals surface area contributed by atoms with Crippen molar-refractivity contribution < 1.29 is 9.18 Å². The van der Waals surface area contributed by atoms with E-state index in [1.807, 2.05) is 25.1 Å². The Bertz CT molecular complexity index is 751. The molecule has 1 atom stereocenters. The number of halogens is 1. The van der Waals surface area contributed by atoms with Crippen LogP contribution < -0.4 is 5.32 Å². The molecule has 1 aliphatic rings.